The third kappa shape index (κ3) is 8.12. The number of carbonyl (C=O) groups excluding carboxylic acids is 1. The Bertz CT molecular complexity index is 1510. The molecule has 9 nitrogen and oxygen atoms in total. The molecule has 0 fully saturated rings. The van der Waals surface area contributed by atoms with Crippen LogP contribution in [0.15, 0.2) is 71.9 Å². The van der Waals surface area contributed by atoms with Gasteiger partial charge in [0.25, 0.3) is 11.5 Å². The van der Waals surface area contributed by atoms with Crippen molar-refractivity contribution < 1.29 is 27.1 Å². The lowest BCUT2D eigenvalue weighted by molar-refractivity contribution is -0.137. The van der Waals surface area contributed by atoms with Crippen LogP contribution in [0.1, 0.15) is 33.7 Å². The molecule has 0 bridgehead atoms. The Labute approximate surface area is 230 Å². The summed E-state index contributed by atoms with van der Waals surface area (Å²) in [5.41, 5.74) is -0.652. The van der Waals surface area contributed by atoms with Crippen LogP contribution < -0.4 is 15.6 Å². The SMILES string of the molecule is O=C(NCc1cc(C(F)(F)F)ccn1)c1cn(CC(F)CCn2ccc(COc3ccc(Cl)cc3)cc2=O)nn1. The van der Waals surface area contributed by atoms with Crippen molar-refractivity contribution in [2.45, 2.75) is 45.0 Å². The molecule has 0 saturated heterocycles. The highest BCUT2D eigenvalue weighted by atomic mass is 35.5. The fourth-order valence-electron chi connectivity index (χ4n) is 3.60. The number of aryl methyl sites for hydroxylation is 1. The number of halogens is 5. The van der Waals surface area contributed by atoms with Crippen LogP contribution in [0.5, 0.6) is 5.75 Å². The van der Waals surface area contributed by atoms with Crippen molar-refractivity contribution in [1.29, 1.82) is 0 Å². The predicted molar refractivity (Wildman–Crippen MR) is 136 cm³/mol. The van der Waals surface area contributed by atoms with Gasteiger partial charge in [-0.15, -0.1) is 5.10 Å². The molecule has 1 unspecified atom stereocenters. The Balaban J connectivity index is 1.23. The van der Waals surface area contributed by atoms with Gasteiger partial charge in [-0.25, -0.2) is 9.07 Å². The summed E-state index contributed by atoms with van der Waals surface area (Å²) in [7, 11) is 0. The largest absolute Gasteiger partial charge is 0.489 e. The first-order chi connectivity index (χ1) is 19.1. The lowest BCUT2D eigenvalue weighted by atomic mass is 10.2. The van der Waals surface area contributed by atoms with Crippen molar-refractivity contribution in [3.63, 3.8) is 0 Å². The van der Waals surface area contributed by atoms with E-state index in [9.17, 15) is 27.2 Å². The van der Waals surface area contributed by atoms with Crippen LogP contribution in [0.2, 0.25) is 5.02 Å². The quantitative estimate of drug-likeness (QED) is 0.264. The van der Waals surface area contributed by atoms with Crippen molar-refractivity contribution in [2.24, 2.45) is 0 Å². The molecule has 1 atom stereocenters. The summed E-state index contributed by atoms with van der Waals surface area (Å²) in [4.78, 5) is 28.5. The maximum atomic E-state index is 14.6. The molecular formula is C26H23ClF4N6O3. The first-order valence-corrected chi connectivity index (χ1v) is 12.4. The van der Waals surface area contributed by atoms with Crippen LogP contribution >= 0.6 is 11.6 Å². The maximum Gasteiger partial charge on any atom is 0.416 e. The predicted octanol–water partition coefficient (Wildman–Crippen LogP) is 4.44. The van der Waals surface area contributed by atoms with Gasteiger partial charge in [0.15, 0.2) is 5.69 Å². The number of rotatable bonds is 11. The van der Waals surface area contributed by atoms with Crippen LogP contribution in [0.4, 0.5) is 17.6 Å². The fraction of sp³-hybridized carbons (Fsp3) is 0.269. The average Bonchev–Trinajstić information content (AvgIpc) is 3.39. The van der Waals surface area contributed by atoms with Crippen LogP contribution in [0.25, 0.3) is 0 Å². The van der Waals surface area contributed by atoms with Crippen LogP contribution in [0, 0.1) is 0 Å². The second-order valence-electron chi connectivity index (χ2n) is 8.74. The number of nitrogens with one attached hydrogen (secondary N) is 1. The van der Waals surface area contributed by atoms with Gasteiger partial charge in [0, 0.05) is 30.0 Å². The van der Waals surface area contributed by atoms with Crippen molar-refractivity contribution in [3.8, 4) is 5.75 Å². The molecule has 3 heterocycles. The van der Waals surface area contributed by atoms with Gasteiger partial charge in [-0.2, -0.15) is 13.2 Å². The molecule has 0 aliphatic rings. The lowest BCUT2D eigenvalue weighted by Crippen LogP contribution is -2.24. The third-order valence-corrected chi connectivity index (χ3v) is 5.95. The number of pyridine rings is 2. The molecule has 40 heavy (non-hydrogen) atoms. The van der Waals surface area contributed by atoms with E-state index >= 15 is 0 Å². The smallest absolute Gasteiger partial charge is 0.416 e. The van der Waals surface area contributed by atoms with Gasteiger partial charge in [-0.1, -0.05) is 16.8 Å². The van der Waals surface area contributed by atoms with E-state index in [4.69, 9.17) is 16.3 Å². The minimum absolute atomic E-state index is 0.00311. The molecule has 0 radical (unpaired) electrons. The molecule has 3 aromatic heterocycles. The zero-order chi connectivity index (χ0) is 28.7. The number of hydrogen-bond donors (Lipinski definition) is 1. The van der Waals surface area contributed by atoms with Crippen LogP contribution in [0.3, 0.4) is 0 Å². The van der Waals surface area contributed by atoms with E-state index in [2.05, 4.69) is 20.6 Å². The molecule has 210 valence electrons. The third-order valence-electron chi connectivity index (χ3n) is 5.69. The summed E-state index contributed by atoms with van der Waals surface area (Å²) in [6, 6.07) is 11.6. The van der Waals surface area contributed by atoms with Gasteiger partial charge in [0.1, 0.15) is 18.5 Å². The molecule has 14 heteroatoms. The Morgan fingerprint density at radius 1 is 1.12 bits per heavy atom. The van der Waals surface area contributed by atoms with Gasteiger partial charge in [0.05, 0.1) is 30.5 Å². The second kappa shape index (κ2) is 12.7. The van der Waals surface area contributed by atoms with Crippen LogP contribution in [-0.4, -0.2) is 36.6 Å². The molecule has 1 N–H and O–H groups in total. The topological polar surface area (TPSA) is 104 Å². The highest BCUT2D eigenvalue weighted by Crippen LogP contribution is 2.29. The molecule has 0 aliphatic heterocycles. The number of alkyl halides is 4. The summed E-state index contributed by atoms with van der Waals surface area (Å²) < 4.78 is 61.2. The molecule has 0 aliphatic carbocycles. The van der Waals surface area contributed by atoms with Crippen molar-refractivity contribution in [3.05, 3.63) is 105 Å². The van der Waals surface area contributed by atoms with E-state index in [0.29, 0.717) is 16.3 Å². The van der Waals surface area contributed by atoms with E-state index in [1.54, 1.807) is 36.5 Å². The fourth-order valence-corrected chi connectivity index (χ4v) is 3.72. The molecule has 1 amide bonds. The molecular weight excluding hydrogens is 556 g/mol. The van der Waals surface area contributed by atoms with Crippen molar-refractivity contribution in [2.75, 3.05) is 0 Å². The first kappa shape index (κ1) is 28.7. The Morgan fingerprint density at radius 2 is 1.90 bits per heavy atom. The molecule has 4 rings (SSSR count). The van der Waals surface area contributed by atoms with E-state index in [1.165, 1.54) is 16.8 Å². The van der Waals surface area contributed by atoms with Crippen LogP contribution in [-0.2, 0) is 32.4 Å². The normalized spacial score (nSPS) is 12.2. The molecule has 4 aromatic rings. The average molecular weight is 579 g/mol. The van der Waals surface area contributed by atoms with Gasteiger partial charge in [0.2, 0.25) is 0 Å². The van der Waals surface area contributed by atoms with Gasteiger partial charge in [-0.05, 0) is 54.4 Å². The minimum atomic E-state index is -4.53. The van der Waals surface area contributed by atoms with Gasteiger partial charge >= 0.3 is 6.18 Å². The number of hydrogen-bond acceptors (Lipinski definition) is 6. The Morgan fingerprint density at radius 3 is 2.62 bits per heavy atom. The summed E-state index contributed by atoms with van der Waals surface area (Å²) in [6.45, 7) is -0.175. The number of aromatic nitrogens is 5. The highest BCUT2D eigenvalue weighted by molar-refractivity contribution is 6.30. The Hall–Kier alpha value is -4.26. The first-order valence-electron chi connectivity index (χ1n) is 12.0. The zero-order valence-electron chi connectivity index (χ0n) is 20.8. The maximum absolute atomic E-state index is 14.6. The minimum Gasteiger partial charge on any atom is -0.489 e. The lowest BCUT2D eigenvalue weighted by Gasteiger charge is -2.11. The number of amides is 1. The molecule has 1 aromatic carbocycles. The summed E-state index contributed by atoms with van der Waals surface area (Å²) in [5, 5.41) is 10.4. The van der Waals surface area contributed by atoms with E-state index < -0.39 is 23.8 Å². The van der Waals surface area contributed by atoms with Gasteiger partial charge in [-0.3, -0.25) is 14.6 Å². The number of nitrogens with zero attached hydrogens (tertiary/aromatic N) is 5. The van der Waals surface area contributed by atoms with E-state index in [-0.39, 0.29) is 49.6 Å². The monoisotopic (exact) mass is 578 g/mol. The van der Waals surface area contributed by atoms with Crippen molar-refractivity contribution >= 4 is 17.5 Å². The molecule has 0 saturated carbocycles. The summed E-state index contributed by atoms with van der Waals surface area (Å²) >= 11 is 5.84. The standard InChI is InChI=1S/C26H23ClF4N6O3/c27-19-1-3-22(4-2-19)40-16-17-6-9-36(24(38)11-17)10-7-20(28)14-37-15-23(34-35-37)25(39)33-13-21-12-18(5-8-32-21)26(29,30)31/h1-6,8-9,11-12,15,20H,7,10,13-14,16H2,(H,33,39). The number of benzene rings is 1. The molecule has 0 spiro atoms. The number of ether oxygens (including phenoxy) is 1. The number of carbonyl (C=O) groups is 1. The summed E-state index contributed by atoms with van der Waals surface area (Å²) in [5.74, 6) is -0.0946. The second-order valence-corrected chi connectivity index (χ2v) is 9.17. The highest BCUT2D eigenvalue weighted by Gasteiger charge is 2.30. The Kier molecular flexibility index (Phi) is 9.15. The van der Waals surface area contributed by atoms with Gasteiger partial charge < -0.3 is 14.6 Å². The van der Waals surface area contributed by atoms with E-state index in [0.717, 1.165) is 23.0 Å². The summed E-state index contributed by atoms with van der Waals surface area (Å²) in [6.07, 6.45) is -2.13. The van der Waals surface area contributed by atoms with Crippen molar-refractivity contribution in [1.82, 2.24) is 29.9 Å². The zero-order valence-corrected chi connectivity index (χ0v) is 21.6. The van der Waals surface area contributed by atoms with E-state index in [1.807, 2.05) is 0 Å².